The number of H-pyrrole nitrogens is 1. The molecule has 1 N–H and O–H groups in total. The highest BCUT2D eigenvalue weighted by molar-refractivity contribution is 6.26. The molecule has 0 aliphatic carbocycles. The van der Waals surface area contributed by atoms with Crippen LogP contribution in [-0.2, 0) is 14.3 Å². The van der Waals surface area contributed by atoms with E-state index in [4.69, 9.17) is 9.47 Å². The highest BCUT2D eigenvalue weighted by Gasteiger charge is 2.73. The van der Waals surface area contributed by atoms with Crippen molar-refractivity contribution in [3.8, 4) is 12.1 Å². The van der Waals surface area contributed by atoms with Crippen LogP contribution in [0, 0.1) is 30.1 Å². The third-order valence-corrected chi connectivity index (χ3v) is 7.61. The molecule has 4 heterocycles. The normalized spacial score (nSPS) is 29.6. The molecule has 0 unspecified atom stereocenters. The van der Waals surface area contributed by atoms with Crippen LogP contribution in [0.5, 0.6) is 6.01 Å². The van der Waals surface area contributed by atoms with E-state index in [1.807, 2.05) is 31.2 Å². The first-order valence-electron chi connectivity index (χ1n) is 11.4. The van der Waals surface area contributed by atoms with E-state index >= 15 is 0 Å². The standard InChI is InChI=1S/C25H23N5O4/c1-14-27-23(29-28-14)33-12-11-25-10-9-24(2,34-25)19-20(25)22(32)30(21(19)31)18-8-7-15(13-26)16-5-3-4-6-17(16)18/h3-8,19-20H,9-12H2,1-2H3,(H,27,28,29)/t19-,20+,24-,25-/m1/s1. The van der Waals surface area contributed by atoms with Gasteiger partial charge in [0.25, 0.3) is 0 Å². The maximum absolute atomic E-state index is 13.9. The number of ether oxygens (including phenoxy) is 2. The molecule has 2 bridgehead atoms. The minimum atomic E-state index is -0.769. The summed E-state index contributed by atoms with van der Waals surface area (Å²) >= 11 is 0. The first-order chi connectivity index (χ1) is 16.4. The molecule has 3 aliphatic rings. The zero-order chi connectivity index (χ0) is 23.7. The average Bonchev–Trinajstić information content (AvgIpc) is 3.54. The summed E-state index contributed by atoms with van der Waals surface area (Å²) in [6.07, 6.45) is 1.84. The van der Waals surface area contributed by atoms with Crippen LogP contribution in [0.1, 0.15) is 37.6 Å². The summed E-state index contributed by atoms with van der Waals surface area (Å²) in [5.74, 6) is -0.957. The van der Waals surface area contributed by atoms with Crippen LogP contribution < -0.4 is 9.64 Å². The Morgan fingerprint density at radius 2 is 1.94 bits per heavy atom. The molecule has 0 saturated carbocycles. The summed E-state index contributed by atoms with van der Waals surface area (Å²) in [6.45, 7) is 4.00. The fourth-order valence-electron chi connectivity index (χ4n) is 6.13. The van der Waals surface area contributed by atoms with Gasteiger partial charge in [-0.15, -0.1) is 5.10 Å². The molecule has 0 radical (unpaired) electrons. The van der Waals surface area contributed by atoms with Gasteiger partial charge in [0.1, 0.15) is 5.82 Å². The molecule has 3 fully saturated rings. The first kappa shape index (κ1) is 20.8. The summed E-state index contributed by atoms with van der Waals surface area (Å²) in [5.41, 5.74) is -0.445. The topological polar surface area (TPSA) is 121 Å². The van der Waals surface area contributed by atoms with Gasteiger partial charge in [-0.2, -0.15) is 10.2 Å². The Hall–Kier alpha value is -3.77. The van der Waals surface area contributed by atoms with Crippen molar-refractivity contribution in [1.29, 1.82) is 5.26 Å². The third-order valence-electron chi connectivity index (χ3n) is 7.61. The van der Waals surface area contributed by atoms with Crippen LogP contribution in [0.25, 0.3) is 10.8 Å². The second-order valence-corrected chi connectivity index (χ2v) is 9.54. The number of aromatic amines is 1. The van der Waals surface area contributed by atoms with Crippen molar-refractivity contribution in [2.75, 3.05) is 11.5 Å². The Kier molecular flexibility index (Phi) is 4.35. The summed E-state index contributed by atoms with van der Waals surface area (Å²) in [7, 11) is 0. The number of nitrogens with zero attached hydrogens (tertiary/aromatic N) is 4. The molecule has 3 aromatic rings. The number of benzene rings is 2. The molecule has 34 heavy (non-hydrogen) atoms. The highest BCUT2D eigenvalue weighted by atomic mass is 16.5. The number of aryl methyl sites for hydroxylation is 1. The van der Waals surface area contributed by atoms with Crippen LogP contribution in [0.3, 0.4) is 0 Å². The molecule has 2 amide bonds. The van der Waals surface area contributed by atoms with E-state index in [2.05, 4.69) is 21.3 Å². The minimum Gasteiger partial charge on any atom is -0.462 e. The van der Waals surface area contributed by atoms with Gasteiger partial charge in [0.2, 0.25) is 11.8 Å². The van der Waals surface area contributed by atoms with Gasteiger partial charge in [0.05, 0.1) is 47.0 Å². The molecule has 6 rings (SSSR count). The van der Waals surface area contributed by atoms with Crippen LogP contribution >= 0.6 is 0 Å². The van der Waals surface area contributed by atoms with Crippen LogP contribution in [0.4, 0.5) is 5.69 Å². The lowest BCUT2D eigenvalue weighted by atomic mass is 9.67. The molecule has 0 spiro atoms. The molecule has 9 heteroatoms. The summed E-state index contributed by atoms with van der Waals surface area (Å²) < 4.78 is 12.2. The smallest absolute Gasteiger partial charge is 0.335 e. The van der Waals surface area contributed by atoms with Crippen molar-refractivity contribution in [2.45, 2.75) is 44.3 Å². The van der Waals surface area contributed by atoms with Crippen LogP contribution in [0.15, 0.2) is 36.4 Å². The number of hydrogen-bond donors (Lipinski definition) is 1. The lowest BCUT2D eigenvalue weighted by Gasteiger charge is -2.30. The molecule has 1 aromatic heterocycles. The molecule has 9 nitrogen and oxygen atoms in total. The predicted molar refractivity (Wildman–Crippen MR) is 121 cm³/mol. The molecular formula is C25H23N5O4. The van der Waals surface area contributed by atoms with E-state index in [-0.39, 0.29) is 24.4 Å². The SMILES string of the molecule is Cc1nc(OCC[C@@]23CC[C@@](C)(O2)[C@H]2C(=O)N(c4ccc(C#N)c5ccccc45)C(=O)[C@H]23)n[nH]1. The zero-order valence-corrected chi connectivity index (χ0v) is 18.9. The van der Waals surface area contributed by atoms with Gasteiger partial charge in [-0.05, 0) is 38.8 Å². The van der Waals surface area contributed by atoms with E-state index in [0.717, 1.165) is 5.39 Å². The second-order valence-electron chi connectivity index (χ2n) is 9.54. The number of carbonyl (C=O) groups is 2. The van der Waals surface area contributed by atoms with Crippen LogP contribution in [-0.4, -0.2) is 44.8 Å². The van der Waals surface area contributed by atoms with Crippen molar-refractivity contribution >= 4 is 28.3 Å². The third kappa shape index (κ3) is 2.75. The number of anilines is 1. The zero-order valence-electron chi connectivity index (χ0n) is 18.9. The Bertz CT molecular complexity index is 1390. The van der Waals surface area contributed by atoms with Crippen molar-refractivity contribution in [1.82, 2.24) is 15.2 Å². The number of rotatable bonds is 5. The maximum Gasteiger partial charge on any atom is 0.335 e. The number of amides is 2. The summed E-state index contributed by atoms with van der Waals surface area (Å²) in [5, 5.41) is 17.7. The van der Waals surface area contributed by atoms with Gasteiger partial charge in [-0.3, -0.25) is 14.7 Å². The Labute approximate surface area is 195 Å². The van der Waals surface area contributed by atoms with E-state index in [9.17, 15) is 14.9 Å². The predicted octanol–water partition coefficient (Wildman–Crippen LogP) is 3.03. The number of carbonyl (C=O) groups excluding carboxylic acids is 2. The lowest BCUT2D eigenvalue weighted by molar-refractivity contribution is -0.131. The molecular weight excluding hydrogens is 434 g/mol. The largest absolute Gasteiger partial charge is 0.462 e. The quantitative estimate of drug-likeness (QED) is 0.585. The number of nitrogens with one attached hydrogen (secondary N) is 1. The lowest BCUT2D eigenvalue weighted by Crippen LogP contribution is -2.43. The first-order valence-corrected chi connectivity index (χ1v) is 11.4. The van der Waals surface area contributed by atoms with E-state index in [1.165, 1.54) is 4.90 Å². The van der Waals surface area contributed by atoms with Gasteiger partial charge in [-0.1, -0.05) is 24.3 Å². The van der Waals surface area contributed by atoms with Gasteiger partial charge in [0.15, 0.2) is 0 Å². The Morgan fingerprint density at radius 3 is 2.68 bits per heavy atom. The fraction of sp³-hybridized carbons (Fsp3) is 0.400. The van der Waals surface area contributed by atoms with Gasteiger partial charge in [-0.25, -0.2) is 4.90 Å². The highest BCUT2D eigenvalue weighted by Crippen LogP contribution is 2.62. The van der Waals surface area contributed by atoms with Crippen LogP contribution in [0.2, 0.25) is 0 Å². The number of aromatic nitrogens is 3. The average molecular weight is 457 g/mol. The summed E-state index contributed by atoms with van der Waals surface area (Å²) in [6, 6.07) is 13.2. The van der Waals surface area contributed by atoms with Crippen molar-refractivity contribution in [3.05, 3.63) is 47.8 Å². The van der Waals surface area contributed by atoms with Crippen molar-refractivity contribution < 1.29 is 19.1 Å². The Balaban J connectivity index is 1.35. The fourth-order valence-corrected chi connectivity index (χ4v) is 6.13. The minimum absolute atomic E-state index is 0.237. The molecule has 172 valence electrons. The van der Waals surface area contributed by atoms with E-state index < -0.39 is 23.0 Å². The maximum atomic E-state index is 13.9. The number of imide groups is 1. The van der Waals surface area contributed by atoms with E-state index in [1.54, 1.807) is 19.1 Å². The second kappa shape index (κ2) is 7.11. The van der Waals surface area contributed by atoms with Gasteiger partial charge >= 0.3 is 6.01 Å². The van der Waals surface area contributed by atoms with Gasteiger partial charge < -0.3 is 9.47 Å². The monoisotopic (exact) mass is 457 g/mol. The van der Waals surface area contributed by atoms with Gasteiger partial charge in [0, 0.05) is 17.2 Å². The number of nitriles is 1. The molecule has 4 atom stereocenters. The van der Waals surface area contributed by atoms with E-state index in [0.29, 0.717) is 41.7 Å². The summed E-state index contributed by atoms with van der Waals surface area (Å²) in [4.78, 5) is 33.1. The number of hydrogen-bond acceptors (Lipinski definition) is 7. The molecule has 3 aliphatic heterocycles. The van der Waals surface area contributed by atoms with Crippen molar-refractivity contribution in [2.24, 2.45) is 11.8 Å². The number of fused-ring (bicyclic) bond motifs is 6. The molecule has 2 aromatic carbocycles. The molecule has 3 saturated heterocycles. The Morgan fingerprint density at radius 1 is 1.18 bits per heavy atom. The van der Waals surface area contributed by atoms with Crippen molar-refractivity contribution in [3.63, 3.8) is 0 Å².